The van der Waals surface area contributed by atoms with Gasteiger partial charge in [-0.25, -0.2) is 0 Å². The van der Waals surface area contributed by atoms with Crippen LogP contribution in [0, 0.1) is 6.92 Å². The number of aliphatic hydroxyl groups is 1. The molecule has 3 aromatic rings. The van der Waals surface area contributed by atoms with Crippen molar-refractivity contribution in [3.8, 4) is 5.75 Å². The summed E-state index contributed by atoms with van der Waals surface area (Å²) >= 11 is 0. The number of hydrogen-bond donors (Lipinski definition) is 3. The van der Waals surface area contributed by atoms with E-state index in [4.69, 9.17) is 4.74 Å². The number of nitrogens with one attached hydrogen (secondary N) is 2. The number of allylic oxidation sites excluding steroid dienone is 2. The van der Waals surface area contributed by atoms with Gasteiger partial charge in [0.1, 0.15) is 5.75 Å². The molecule has 1 aliphatic rings. The SMILES string of the molecule is Cc1ccc(/C(=C/C=C/C(=O)Nc2cccc3c2CC(O)CN3)c2ccc(OC(C)C)cc2)cc1.Cl. The Bertz CT molecular complexity index is 1230. The number of anilines is 2. The standard InChI is InChI=1S/C30H32N2O3.ClH/c1-20(2)35-25-16-14-23(15-17-25)26(22-12-10-21(3)11-13-22)6-4-9-30(34)32-29-8-5-7-28-27(29)18-24(33)19-31-28;/h4-17,20,24,31,33H,18-19H2,1-3H3,(H,32,34);1H/b9-4+,26-6-;. The van der Waals surface area contributed by atoms with Gasteiger partial charge in [-0.2, -0.15) is 0 Å². The second-order valence-electron chi connectivity index (χ2n) is 9.06. The predicted molar refractivity (Wildman–Crippen MR) is 150 cm³/mol. The molecule has 0 aliphatic carbocycles. The summed E-state index contributed by atoms with van der Waals surface area (Å²) in [6.45, 7) is 6.59. The summed E-state index contributed by atoms with van der Waals surface area (Å²) in [5.74, 6) is 0.603. The molecule has 3 N–H and O–H groups in total. The highest BCUT2D eigenvalue weighted by Gasteiger charge is 2.19. The number of ether oxygens (including phenoxy) is 1. The van der Waals surface area contributed by atoms with Crippen molar-refractivity contribution in [2.24, 2.45) is 0 Å². The maximum absolute atomic E-state index is 12.7. The molecule has 0 saturated carbocycles. The minimum absolute atomic E-state index is 0. The normalized spacial score (nSPS) is 15.1. The number of hydrogen-bond acceptors (Lipinski definition) is 4. The molecule has 0 radical (unpaired) electrons. The fourth-order valence-electron chi connectivity index (χ4n) is 4.11. The number of aliphatic hydroxyl groups excluding tert-OH is 1. The van der Waals surface area contributed by atoms with Crippen LogP contribution in [0.25, 0.3) is 5.57 Å². The first-order valence-corrected chi connectivity index (χ1v) is 12.0. The zero-order valence-corrected chi connectivity index (χ0v) is 21.6. The molecule has 0 bridgehead atoms. The number of β-amino-alcohol motifs (C(OH)–C–C–N with tert-alkyl or cyclic N) is 1. The number of aryl methyl sites for hydroxylation is 1. The maximum atomic E-state index is 12.7. The lowest BCUT2D eigenvalue weighted by Crippen LogP contribution is -2.28. The van der Waals surface area contributed by atoms with E-state index in [1.165, 1.54) is 11.6 Å². The molecule has 188 valence electrons. The van der Waals surface area contributed by atoms with Crippen LogP contribution >= 0.6 is 12.4 Å². The van der Waals surface area contributed by atoms with Crippen molar-refractivity contribution in [2.45, 2.75) is 39.4 Å². The molecular formula is C30H33ClN2O3. The Hall–Kier alpha value is -3.54. The highest BCUT2D eigenvalue weighted by Crippen LogP contribution is 2.29. The quantitative estimate of drug-likeness (QED) is 0.266. The predicted octanol–water partition coefficient (Wildman–Crippen LogP) is 6.16. The molecule has 1 heterocycles. The van der Waals surface area contributed by atoms with Crippen LogP contribution in [0.2, 0.25) is 0 Å². The number of amides is 1. The van der Waals surface area contributed by atoms with Crippen LogP contribution < -0.4 is 15.4 Å². The molecule has 4 rings (SSSR count). The maximum Gasteiger partial charge on any atom is 0.248 e. The van der Waals surface area contributed by atoms with Crippen LogP contribution in [-0.2, 0) is 11.2 Å². The first-order chi connectivity index (χ1) is 16.9. The lowest BCUT2D eigenvalue weighted by atomic mass is 9.96. The molecule has 1 atom stereocenters. The first-order valence-electron chi connectivity index (χ1n) is 12.0. The molecule has 0 aromatic heterocycles. The minimum Gasteiger partial charge on any atom is -0.491 e. The van der Waals surface area contributed by atoms with Gasteiger partial charge in [-0.05, 0) is 61.7 Å². The summed E-state index contributed by atoms with van der Waals surface area (Å²) in [6, 6.07) is 22.0. The Morgan fingerprint density at radius 3 is 2.39 bits per heavy atom. The van der Waals surface area contributed by atoms with E-state index in [1.54, 1.807) is 6.08 Å². The van der Waals surface area contributed by atoms with Gasteiger partial charge in [-0.3, -0.25) is 4.79 Å². The largest absolute Gasteiger partial charge is 0.491 e. The highest BCUT2D eigenvalue weighted by atomic mass is 35.5. The highest BCUT2D eigenvalue weighted by molar-refractivity contribution is 6.00. The van der Waals surface area contributed by atoms with Crippen LogP contribution in [-0.4, -0.2) is 29.8 Å². The molecule has 3 aromatic carbocycles. The van der Waals surface area contributed by atoms with Crippen molar-refractivity contribution in [3.63, 3.8) is 0 Å². The number of fused-ring (bicyclic) bond motifs is 1. The van der Waals surface area contributed by atoms with Gasteiger partial charge in [-0.1, -0.05) is 60.2 Å². The smallest absolute Gasteiger partial charge is 0.248 e. The molecule has 0 spiro atoms. The Morgan fingerprint density at radius 1 is 1.06 bits per heavy atom. The lowest BCUT2D eigenvalue weighted by Gasteiger charge is -2.24. The van der Waals surface area contributed by atoms with E-state index in [9.17, 15) is 9.90 Å². The van der Waals surface area contributed by atoms with Crippen LogP contribution in [0.1, 0.15) is 36.1 Å². The van der Waals surface area contributed by atoms with Gasteiger partial charge < -0.3 is 20.5 Å². The molecular weight excluding hydrogens is 472 g/mol. The van der Waals surface area contributed by atoms with Gasteiger partial charge in [0.2, 0.25) is 5.91 Å². The van der Waals surface area contributed by atoms with Gasteiger partial charge in [0.15, 0.2) is 0 Å². The first kappa shape index (κ1) is 27.1. The number of carbonyl (C=O) groups is 1. The van der Waals surface area contributed by atoms with Crippen molar-refractivity contribution in [1.29, 1.82) is 0 Å². The number of carbonyl (C=O) groups excluding carboxylic acids is 1. The third-order valence-corrected chi connectivity index (χ3v) is 5.81. The molecule has 1 aliphatic heterocycles. The van der Waals surface area contributed by atoms with Crippen LogP contribution in [0.5, 0.6) is 5.75 Å². The molecule has 0 saturated heterocycles. The average molecular weight is 505 g/mol. The van der Waals surface area contributed by atoms with E-state index < -0.39 is 6.10 Å². The summed E-state index contributed by atoms with van der Waals surface area (Å²) in [5, 5.41) is 16.2. The molecule has 0 fully saturated rings. The van der Waals surface area contributed by atoms with Gasteiger partial charge in [-0.15, -0.1) is 12.4 Å². The second kappa shape index (κ2) is 12.4. The van der Waals surface area contributed by atoms with Gasteiger partial charge in [0.25, 0.3) is 0 Å². The number of benzene rings is 3. The van der Waals surface area contributed by atoms with Crippen molar-refractivity contribution >= 4 is 35.3 Å². The van der Waals surface area contributed by atoms with E-state index in [1.807, 2.05) is 62.4 Å². The molecule has 5 nitrogen and oxygen atoms in total. The molecule has 6 heteroatoms. The van der Waals surface area contributed by atoms with Crippen LogP contribution in [0.3, 0.4) is 0 Å². The Labute approximate surface area is 219 Å². The van der Waals surface area contributed by atoms with Crippen molar-refractivity contribution in [3.05, 3.63) is 107 Å². The third-order valence-electron chi connectivity index (χ3n) is 5.81. The molecule has 1 amide bonds. The van der Waals surface area contributed by atoms with Gasteiger partial charge >= 0.3 is 0 Å². The van der Waals surface area contributed by atoms with E-state index in [0.29, 0.717) is 18.7 Å². The van der Waals surface area contributed by atoms with E-state index >= 15 is 0 Å². The summed E-state index contributed by atoms with van der Waals surface area (Å²) in [6.07, 6.45) is 5.41. The van der Waals surface area contributed by atoms with Crippen molar-refractivity contribution in [1.82, 2.24) is 0 Å². The fraction of sp³-hybridized carbons (Fsp3) is 0.233. The monoisotopic (exact) mass is 504 g/mol. The summed E-state index contributed by atoms with van der Waals surface area (Å²) in [4.78, 5) is 12.7. The second-order valence-corrected chi connectivity index (χ2v) is 9.06. The van der Waals surface area contributed by atoms with Gasteiger partial charge in [0, 0.05) is 36.0 Å². The number of halogens is 1. The molecule has 36 heavy (non-hydrogen) atoms. The Kier molecular flexibility index (Phi) is 9.34. The third kappa shape index (κ3) is 7.00. The van der Waals surface area contributed by atoms with E-state index in [-0.39, 0.29) is 24.4 Å². The Morgan fingerprint density at radius 2 is 1.72 bits per heavy atom. The Balaban J connectivity index is 0.00000361. The minimum atomic E-state index is -0.464. The summed E-state index contributed by atoms with van der Waals surface area (Å²) in [5.41, 5.74) is 6.88. The van der Waals surface area contributed by atoms with Crippen LogP contribution in [0.4, 0.5) is 11.4 Å². The lowest BCUT2D eigenvalue weighted by molar-refractivity contribution is -0.111. The molecule has 1 unspecified atom stereocenters. The van der Waals surface area contributed by atoms with Crippen molar-refractivity contribution in [2.75, 3.05) is 17.2 Å². The zero-order valence-electron chi connectivity index (χ0n) is 20.8. The number of rotatable bonds is 7. The zero-order chi connectivity index (χ0) is 24.8. The average Bonchev–Trinajstić information content (AvgIpc) is 2.83. The summed E-state index contributed by atoms with van der Waals surface area (Å²) in [7, 11) is 0. The van der Waals surface area contributed by atoms with Crippen LogP contribution in [0.15, 0.2) is 85.0 Å². The topological polar surface area (TPSA) is 70.6 Å². The fourth-order valence-corrected chi connectivity index (χ4v) is 4.11. The summed E-state index contributed by atoms with van der Waals surface area (Å²) < 4.78 is 5.78. The van der Waals surface area contributed by atoms with Gasteiger partial charge in [0.05, 0.1) is 12.2 Å². The van der Waals surface area contributed by atoms with E-state index in [2.05, 4.69) is 41.8 Å². The van der Waals surface area contributed by atoms with E-state index in [0.717, 1.165) is 33.7 Å². The van der Waals surface area contributed by atoms with Crippen molar-refractivity contribution < 1.29 is 14.6 Å².